The Kier molecular flexibility index (Phi) is 4.50. The minimum atomic E-state index is -0.0614. The molecule has 2 heterocycles. The number of hydrogen-bond acceptors (Lipinski definition) is 3. The van der Waals surface area contributed by atoms with E-state index < -0.39 is 0 Å². The number of ether oxygens (including phenoxy) is 1. The number of amides is 3. The SMILES string of the molecule is CCNC(=O)N1CCN(C(=O)C2=Cc3ccccc3OC2)CC1. The summed E-state index contributed by atoms with van der Waals surface area (Å²) in [6.45, 7) is 5.02. The van der Waals surface area contributed by atoms with Gasteiger partial charge in [0.15, 0.2) is 0 Å². The number of benzene rings is 1. The highest BCUT2D eigenvalue weighted by atomic mass is 16.5. The van der Waals surface area contributed by atoms with Gasteiger partial charge in [-0.05, 0) is 19.1 Å². The van der Waals surface area contributed by atoms with Crippen molar-refractivity contribution < 1.29 is 14.3 Å². The third-order valence-electron chi connectivity index (χ3n) is 4.09. The van der Waals surface area contributed by atoms with Crippen LogP contribution in [0.25, 0.3) is 6.08 Å². The number of rotatable bonds is 2. The Morgan fingerprint density at radius 2 is 1.83 bits per heavy atom. The van der Waals surface area contributed by atoms with Gasteiger partial charge < -0.3 is 19.9 Å². The van der Waals surface area contributed by atoms with Crippen LogP contribution in [0, 0.1) is 0 Å². The predicted molar refractivity (Wildman–Crippen MR) is 87.1 cm³/mol. The fraction of sp³-hybridized carbons (Fsp3) is 0.412. The van der Waals surface area contributed by atoms with E-state index in [0.29, 0.717) is 44.9 Å². The van der Waals surface area contributed by atoms with E-state index in [-0.39, 0.29) is 11.9 Å². The molecule has 1 fully saturated rings. The smallest absolute Gasteiger partial charge is 0.317 e. The number of nitrogens with zero attached hydrogens (tertiary/aromatic N) is 2. The first-order chi connectivity index (χ1) is 11.2. The Hall–Kier alpha value is -2.50. The van der Waals surface area contributed by atoms with Crippen LogP contribution in [0.1, 0.15) is 12.5 Å². The van der Waals surface area contributed by atoms with E-state index in [1.165, 1.54) is 0 Å². The number of hydrogen-bond donors (Lipinski definition) is 1. The first kappa shape index (κ1) is 15.4. The topological polar surface area (TPSA) is 61.9 Å². The molecule has 0 radical (unpaired) electrons. The number of para-hydroxylation sites is 1. The summed E-state index contributed by atoms with van der Waals surface area (Å²) in [6, 6.07) is 7.62. The van der Waals surface area contributed by atoms with Crippen molar-refractivity contribution in [3.05, 3.63) is 35.4 Å². The van der Waals surface area contributed by atoms with Crippen LogP contribution >= 0.6 is 0 Å². The molecule has 1 aromatic rings. The average molecular weight is 315 g/mol. The second-order valence-corrected chi connectivity index (χ2v) is 5.61. The minimum Gasteiger partial charge on any atom is -0.488 e. The molecule has 1 aromatic carbocycles. The second kappa shape index (κ2) is 6.73. The molecule has 0 saturated carbocycles. The summed E-state index contributed by atoms with van der Waals surface area (Å²) in [5.74, 6) is 0.806. The zero-order chi connectivity index (χ0) is 16.2. The van der Waals surface area contributed by atoms with E-state index in [0.717, 1.165) is 11.3 Å². The second-order valence-electron chi connectivity index (χ2n) is 5.61. The van der Waals surface area contributed by atoms with Gasteiger partial charge in [0, 0.05) is 38.3 Å². The molecule has 1 N–H and O–H groups in total. The highest BCUT2D eigenvalue weighted by Gasteiger charge is 2.27. The fourth-order valence-corrected chi connectivity index (χ4v) is 2.82. The molecule has 6 nitrogen and oxygen atoms in total. The summed E-state index contributed by atoms with van der Waals surface area (Å²) < 4.78 is 5.65. The molecule has 2 aliphatic heterocycles. The first-order valence-electron chi connectivity index (χ1n) is 7.93. The number of fused-ring (bicyclic) bond motifs is 1. The summed E-state index contributed by atoms with van der Waals surface area (Å²) in [4.78, 5) is 28.0. The third kappa shape index (κ3) is 3.31. The molecule has 3 amide bonds. The maximum absolute atomic E-state index is 12.6. The maximum atomic E-state index is 12.6. The van der Waals surface area contributed by atoms with E-state index in [1.54, 1.807) is 9.80 Å². The van der Waals surface area contributed by atoms with E-state index >= 15 is 0 Å². The lowest BCUT2D eigenvalue weighted by Gasteiger charge is -2.35. The predicted octanol–water partition coefficient (Wildman–Crippen LogP) is 1.34. The summed E-state index contributed by atoms with van der Waals surface area (Å²) in [5, 5.41) is 2.79. The zero-order valence-electron chi connectivity index (χ0n) is 13.2. The standard InChI is InChI=1S/C17H21N3O3/c1-2-18-17(22)20-9-7-19(8-10-20)16(21)14-11-13-5-3-4-6-15(13)23-12-14/h3-6,11H,2,7-10,12H2,1H3,(H,18,22). The van der Waals surface area contributed by atoms with Crippen molar-refractivity contribution in [2.24, 2.45) is 0 Å². The average Bonchev–Trinajstić information content (AvgIpc) is 2.61. The molecular formula is C17H21N3O3. The van der Waals surface area contributed by atoms with E-state index in [4.69, 9.17) is 4.74 Å². The third-order valence-corrected chi connectivity index (χ3v) is 4.09. The Morgan fingerprint density at radius 3 is 2.57 bits per heavy atom. The molecule has 0 spiro atoms. The Morgan fingerprint density at radius 1 is 1.13 bits per heavy atom. The number of carbonyl (C=O) groups is 2. The number of nitrogens with one attached hydrogen (secondary N) is 1. The molecule has 0 aliphatic carbocycles. The molecule has 0 atom stereocenters. The van der Waals surface area contributed by atoms with Gasteiger partial charge >= 0.3 is 6.03 Å². The van der Waals surface area contributed by atoms with Crippen LogP contribution in [-0.4, -0.2) is 61.1 Å². The van der Waals surface area contributed by atoms with Crippen LogP contribution in [0.15, 0.2) is 29.8 Å². The van der Waals surface area contributed by atoms with Gasteiger partial charge in [-0.3, -0.25) is 4.79 Å². The Bertz CT molecular complexity index is 634. The first-order valence-corrected chi connectivity index (χ1v) is 7.93. The van der Waals surface area contributed by atoms with Gasteiger partial charge in [0.25, 0.3) is 5.91 Å². The van der Waals surface area contributed by atoms with Crippen LogP contribution in [0.2, 0.25) is 0 Å². The summed E-state index contributed by atoms with van der Waals surface area (Å²) >= 11 is 0. The Balaban J connectivity index is 1.62. The fourth-order valence-electron chi connectivity index (χ4n) is 2.82. The van der Waals surface area contributed by atoms with Gasteiger partial charge in [0.2, 0.25) is 0 Å². The van der Waals surface area contributed by atoms with Gasteiger partial charge in [-0.1, -0.05) is 18.2 Å². The molecule has 3 rings (SSSR count). The van der Waals surface area contributed by atoms with Gasteiger partial charge in [0.1, 0.15) is 12.4 Å². The molecule has 0 unspecified atom stereocenters. The normalized spacial score (nSPS) is 17.0. The molecular weight excluding hydrogens is 294 g/mol. The molecule has 0 aromatic heterocycles. The molecule has 0 bridgehead atoms. The molecule has 6 heteroatoms. The zero-order valence-corrected chi connectivity index (χ0v) is 13.2. The quantitative estimate of drug-likeness (QED) is 0.896. The van der Waals surface area contributed by atoms with Gasteiger partial charge in [-0.15, -0.1) is 0 Å². The van der Waals surface area contributed by atoms with Crippen molar-refractivity contribution >= 4 is 18.0 Å². The molecule has 1 saturated heterocycles. The van der Waals surface area contributed by atoms with E-state index in [9.17, 15) is 9.59 Å². The monoisotopic (exact) mass is 315 g/mol. The van der Waals surface area contributed by atoms with Crippen LogP contribution in [-0.2, 0) is 4.79 Å². The number of urea groups is 1. The minimum absolute atomic E-state index is 0.00458. The van der Waals surface area contributed by atoms with Crippen molar-refractivity contribution in [1.29, 1.82) is 0 Å². The van der Waals surface area contributed by atoms with Gasteiger partial charge in [-0.25, -0.2) is 4.79 Å². The lowest BCUT2D eigenvalue weighted by molar-refractivity contribution is -0.128. The van der Waals surface area contributed by atoms with Crippen LogP contribution in [0.5, 0.6) is 5.75 Å². The summed E-state index contributed by atoms with van der Waals surface area (Å²) in [5.41, 5.74) is 1.60. The largest absolute Gasteiger partial charge is 0.488 e. The van der Waals surface area contributed by atoms with Crippen molar-refractivity contribution in [2.45, 2.75) is 6.92 Å². The maximum Gasteiger partial charge on any atom is 0.317 e. The van der Waals surface area contributed by atoms with Crippen molar-refractivity contribution in [3.8, 4) is 5.75 Å². The van der Waals surface area contributed by atoms with Crippen LogP contribution in [0.4, 0.5) is 4.79 Å². The van der Waals surface area contributed by atoms with Crippen molar-refractivity contribution in [2.75, 3.05) is 39.3 Å². The summed E-state index contributed by atoms with van der Waals surface area (Å²) in [6.07, 6.45) is 1.90. The van der Waals surface area contributed by atoms with E-state index in [1.807, 2.05) is 37.3 Å². The molecule has 2 aliphatic rings. The van der Waals surface area contributed by atoms with Crippen LogP contribution in [0.3, 0.4) is 0 Å². The summed E-state index contributed by atoms with van der Waals surface area (Å²) in [7, 11) is 0. The van der Waals surface area contributed by atoms with Crippen molar-refractivity contribution in [1.82, 2.24) is 15.1 Å². The number of piperazine rings is 1. The lowest BCUT2D eigenvalue weighted by atomic mass is 10.1. The lowest BCUT2D eigenvalue weighted by Crippen LogP contribution is -2.53. The molecule has 23 heavy (non-hydrogen) atoms. The number of carbonyl (C=O) groups excluding carboxylic acids is 2. The highest BCUT2D eigenvalue weighted by molar-refractivity contribution is 5.99. The van der Waals surface area contributed by atoms with Gasteiger partial charge in [0.05, 0.1) is 5.57 Å². The molecule has 122 valence electrons. The van der Waals surface area contributed by atoms with Gasteiger partial charge in [-0.2, -0.15) is 0 Å². The Labute approximate surface area is 135 Å². The van der Waals surface area contributed by atoms with Crippen molar-refractivity contribution in [3.63, 3.8) is 0 Å². The van der Waals surface area contributed by atoms with Crippen LogP contribution < -0.4 is 10.1 Å². The van der Waals surface area contributed by atoms with E-state index in [2.05, 4.69) is 5.32 Å². The highest BCUT2D eigenvalue weighted by Crippen LogP contribution is 2.26.